The summed E-state index contributed by atoms with van der Waals surface area (Å²) in [5.41, 5.74) is 5.21. The molecule has 0 amide bonds. The molecule has 8 rings (SSSR count). The molecule has 0 unspecified atom stereocenters. The summed E-state index contributed by atoms with van der Waals surface area (Å²) in [5.74, 6) is 0.396. The van der Waals surface area contributed by atoms with E-state index in [1.165, 1.54) is 18.2 Å². The number of aromatic nitrogens is 3. The van der Waals surface area contributed by atoms with Gasteiger partial charge < -0.3 is 5.11 Å². The standard InChI is InChI=1S/C59H63N3O/c1-37-29-40(38-19-15-14-16-20-38)25-26-51(37)62-52-24-18-23-47(53(52)61-55(62)48-35-46(58(8,9)10)36-49(54(48)63)59(11,12)13)42-30-43(33-45(32-42)57(5,6)7)50-34-41(27-28-60-50)39-21-17-22-44(31-39)56(2,3)4/h14-36,63H,1-13H3/i1D3,2D3,3D3,4D3. The van der Waals surface area contributed by atoms with Crippen molar-refractivity contribution in [3.05, 3.63) is 167 Å². The molecule has 63 heavy (non-hydrogen) atoms. The Morgan fingerprint density at radius 1 is 0.508 bits per heavy atom. The van der Waals surface area contributed by atoms with Crippen LogP contribution in [-0.4, -0.2) is 19.6 Å². The molecule has 0 saturated carbocycles. The van der Waals surface area contributed by atoms with Gasteiger partial charge in [0.15, 0.2) is 0 Å². The zero-order chi connectivity index (χ0) is 55.2. The van der Waals surface area contributed by atoms with Crippen LogP contribution in [0.3, 0.4) is 0 Å². The van der Waals surface area contributed by atoms with Crippen LogP contribution in [0.25, 0.3) is 72.7 Å². The molecule has 320 valence electrons. The first-order chi connectivity index (χ1) is 34.5. The highest BCUT2D eigenvalue weighted by atomic mass is 16.3. The average Bonchev–Trinajstić information content (AvgIpc) is 3.68. The van der Waals surface area contributed by atoms with Crippen LogP contribution in [0, 0.1) is 6.85 Å². The molecular weight excluding hydrogens is 767 g/mol. The van der Waals surface area contributed by atoms with Crippen LogP contribution in [0.2, 0.25) is 0 Å². The van der Waals surface area contributed by atoms with Crippen LogP contribution in [0.5, 0.6) is 5.75 Å². The molecule has 0 spiro atoms. The molecule has 2 aromatic heterocycles. The van der Waals surface area contributed by atoms with Crippen molar-refractivity contribution in [3.63, 3.8) is 0 Å². The lowest BCUT2D eigenvalue weighted by atomic mass is 9.79. The third-order valence-electron chi connectivity index (χ3n) is 11.8. The lowest BCUT2D eigenvalue weighted by molar-refractivity contribution is 0.446. The second-order valence-electron chi connectivity index (χ2n) is 19.8. The van der Waals surface area contributed by atoms with E-state index in [0.717, 1.165) is 33.4 Å². The van der Waals surface area contributed by atoms with E-state index in [9.17, 15) is 5.11 Å². The molecule has 0 aliphatic heterocycles. The number of aryl methyl sites for hydroxylation is 1. The monoisotopic (exact) mass is 842 g/mol. The summed E-state index contributed by atoms with van der Waals surface area (Å²) >= 11 is 0. The Labute approximate surface area is 392 Å². The molecule has 2 heterocycles. The third kappa shape index (κ3) is 8.61. The number of aromatic hydroxyl groups is 1. The van der Waals surface area contributed by atoms with Crippen LogP contribution in [0.1, 0.15) is 127 Å². The quantitative estimate of drug-likeness (QED) is 0.181. The normalized spacial score (nSPS) is 16.2. The summed E-state index contributed by atoms with van der Waals surface area (Å²) in [5, 5.41) is 12.5. The van der Waals surface area contributed by atoms with E-state index >= 15 is 0 Å². The van der Waals surface area contributed by atoms with Crippen molar-refractivity contribution < 1.29 is 21.6 Å². The van der Waals surface area contributed by atoms with Gasteiger partial charge in [0.2, 0.25) is 0 Å². The molecule has 0 atom stereocenters. The Kier molecular flexibility index (Phi) is 7.72. The van der Waals surface area contributed by atoms with Gasteiger partial charge >= 0.3 is 0 Å². The van der Waals surface area contributed by atoms with Gasteiger partial charge in [-0.2, -0.15) is 0 Å². The molecule has 6 aromatic carbocycles. The topological polar surface area (TPSA) is 50.9 Å². The number of pyridine rings is 1. The first kappa shape index (κ1) is 30.7. The van der Waals surface area contributed by atoms with E-state index in [0.29, 0.717) is 56.1 Å². The van der Waals surface area contributed by atoms with E-state index < -0.39 is 43.7 Å². The summed E-state index contributed by atoms with van der Waals surface area (Å²) in [7, 11) is 0. The highest BCUT2D eigenvalue weighted by Gasteiger charge is 2.29. The van der Waals surface area contributed by atoms with E-state index in [2.05, 4.69) is 47.6 Å². The number of para-hydroxylation sites is 1. The molecule has 1 N–H and O–H groups in total. The fourth-order valence-corrected chi connectivity index (χ4v) is 8.17. The van der Waals surface area contributed by atoms with Crippen molar-refractivity contribution in [3.8, 4) is 67.5 Å². The van der Waals surface area contributed by atoms with Crippen molar-refractivity contribution >= 4 is 11.0 Å². The Balaban J connectivity index is 1.40. The number of imidazole rings is 1. The number of rotatable bonds is 6. The first-order valence-corrected chi connectivity index (χ1v) is 21.4. The maximum Gasteiger partial charge on any atom is 0.149 e. The largest absolute Gasteiger partial charge is 0.507 e. The highest BCUT2D eigenvalue weighted by molar-refractivity contribution is 5.97. The maximum atomic E-state index is 12.5. The number of hydrogen-bond acceptors (Lipinski definition) is 3. The minimum absolute atomic E-state index is 0.0411. The number of fused-ring (bicyclic) bond motifs is 1. The second kappa shape index (κ2) is 15.8. The number of nitrogens with zero attached hydrogens (tertiary/aromatic N) is 3. The predicted octanol–water partition coefficient (Wildman–Crippen LogP) is 16.0. The average molecular weight is 842 g/mol. The van der Waals surface area contributed by atoms with Gasteiger partial charge in [0.1, 0.15) is 11.6 Å². The van der Waals surface area contributed by atoms with E-state index in [1.54, 1.807) is 30.5 Å². The fraction of sp³-hybridized carbons (Fsp3) is 0.288. The number of hydrogen-bond donors (Lipinski definition) is 1. The summed E-state index contributed by atoms with van der Waals surface area (Å²) in [6, 6.07) is 40.2. The summed E-state index contributed by atoms with van der Waals surface area (Å²) in [4.78, 5) is 10.3. The van der Waals surface area contributed by atoms with Crippen molar-refractivity contribution in [1.82, 2.24) is 14.5 Å². The smallest absolute Gasteiger partial charge is 0.149 e. The van der Waals surface area contributed by atoms with Gasteiger partial charge in [-0.1, -0.05) is 168 Å². The molecule has 4 nitrogen and oxygen atoms in total. The fourth-order valence-electron chi connectivity index (χ4n) is 8.17. The molecule has 0 radical (unpaired) electrons. The van der Waals surface area contributed by atoms with E-state index in [1.807, 2.05) is 110 Å². The van der Waals surface area contributed by atoms with E-state index in [4.69, 9.17) is 26.4 Å². The van der Waals surface area contributed by atoms with Gasteiger partial charge in [-0.3, -0.25) is 9.55 Å². The van der Waals surface area contributed by atoms with Gasteiger partial charge in [0.05, 0.1) is 28.0 Å². The molecule has 0 bridgehead atoms. The summed E-state index contributed by atoms with van der Waals surface area (Å²) in [6.07, 6.45) is 1.59. The zero-order valence-corrected chi connectivity index (χ0v) is 37.6. The highest BCUT2D eigenvalue weighted by Crippen LogP contribution is 2.45. The van der Waals surface area contributed by atoms with Gasteiger partial charge in [0, 0.05) is 39.3 Å². The van der Waals surface area contributed by atoms with Gasteiger partial charge in [-0.05, 0) is 127 Å². The molecule has 0 aliphatic carbocycles. The number of phenolic OH excluding ortho intramolecular Hbond substituents is 1. The predicted molar refractivity (Wildman–Crippen MR) is 267 cm³/mol. The molecule has 0 saturated heterocycles. The number of phenols is 1. The minimum atomic E-state index is -3.42. The second-order valence-corrected chi connectivity index (χ2v) is 19.8. The van der Waals surface area contributed by atoms with Gasteiger partial charge in [0.25, 0.3) is 0 Å². The Hall–Kier alpha value is -6.26. The Morgan fingerprint density at radius 2 is 1.16 bits per heavy atom. The summed E-state index contributed by atoms with van der Waals surface area (Å²) in [6.45, 7) is 5.90. The number of benzene rings is 6. The van der Waals surface area contributed by atoms with Crippen LogP contribution < -0.4 is 0 Å². The van der Waals surface area contributed by atoms with Crippen molar-refractivity contribution in [2.75, 3.05) is 0 Å². The van der Waals surface area contributed by atoms with Crippen molar-refractivity contribution in [2.24, 2.45) is 0 Å². The van der Waals surface area contributed by atoms with Gasteiger partial charge in [-0.15, -0.1) is 0 Å². The maximum absolute atomic E-state index is 12.5. The van der Waals surface area contributed by atoms with Crippen molar-refractivity contribution in [2.45, 2.75) is 111 Å². The molecule has 0 aliphatic rings. The lowest BCUT2D eigenvalue weighted by Crippen LogP contribution is -2.17. The van der Waals surface area contributed by atoms with Crippen LogP contribution in [-0.2, 0) is 21.7 Å². The molecule has 0 fully saturated rings. The Morgan fingerprint density at radius 3 is 1.86 bits per heavy atom. The van der Waals surface area contributed by atoms with Crippen molar-refractivity contribution in [1.29, 1.82) is 0 Å². The molecular formula is C59H63N3O. The molecule has 8 aromatic rings. The summed E-state index contributed by atoms with van der Waals surface area (Å²) < 4.78 is 104. The molecule has 4 heteroatoms. The lowest BCUT2D eigenvalue weighted by Gasteiger charge is -2.27. The zero-order valence-electron chi connectivity index (χ0n) is 49.6. The minimum Gasteiger partial charge on any atom is -0.507 e. The van der Waals surface area contributed by atoms with E-state index in [-0.39, 0.29) is 22.3 Å². The van der Waals surface area contributed by atoms with Crippen LogP contribution in [0.15, 0.2) is 140 Å². The first-order valence-electron chi connectivity index (χ1n) is 27.4. The van der Waals surface area contributed by atoms with Gasteiger partial charge in [-0.25, -0.2) is 4.98 Å². The van der Waals surface area contributed by atoms with Crippen LogP contribution >= 0.6 is 0 Å². The van der Waals surface area contributed by atoms with Crippen LogP contribution in [0.4, 0.5) is 0 Å². The third-order valence-corrected chi connectivity index (χ3v) is 11.8. The SMILES string of the molecule is [2H]C([2H])([2H])c1cc(-c2ccccc2)ccc1-n1c(-c2cc(C(C)(C)C)cc(C(C)(C)C)c2O)nc2c(-c3cc(-c4cc(-c5cccc(C(C([2H])([2H])[2H])(C([2H])([2H])[2H])C([2H])([2H])[2H])c5)ccn4)cc(C(C)(C)C)c3)cccc21. The Bertz CT molecular complexity index is 3420.